The monoisotopic (exact) mass is 440 g/mol. The fourth-order valence-electron chi connectivity index (χ4n) is 2.65. The minimum absolute atomic E-state index is 0. The normalized spacial score (nSPS) is 10.7. The van der Waals surface area contributed by atoms with Crippen LogP contribution in [0.3, 0.4) is 0 Å². The van der Waals surface area contributed by atoms with Crippen molar-refractivity contribution in [2.45, 2.75) is 0 Å². The molecule has 164 valence electrons. The molecule has 2 rings (SSSR count). The van der Waals surface area contributed by atoms with E-state index in [1.54, 1.807) is 39.0 Å². The zero-order valence-corrected chi connectivity index (χ0v) is 17.9. The first-order chi connectivity index (χ1) is 13.8. The molecule has 0 aliphatic rings. The van der Waals surface area contributed by atoms with Gasteiger partial charge in [-0.25, -0.2) is 0 Å². The van der Waals surface area contributed by atoms with Crippen LogP contribution >= 0.6 is 12.4 Å². The second kappa shape index (κ2) is 10.9. The molecule has 0 aromatic carbocycles. The fraction of sp³-hybridized carbons (Fsp3) is 0.353. The lowest BCUT2D eigenvalue weighted by atomic mass is 10.3. The lowest BCUT2D eigenvalue weighted by Gasteiger charge is -2.09. The number of nitrogens with one attached hydrogen (secondary N) is 4. The van der Waals surface area contributed by atoms with Gasteiger partial charge in [-0.1, -0.05) is 0 Å². The third-order valence-electron chi connectivity index (χ3n) is 4.09. The Labute approximate surface area is 179 Å². The number of amides is 2. The molecule has 13 heteroatoms. The van der Waals surface area contributed by atoms with Gasteiger partial charge in [-0.2, -0.15) is 0 Å². The van der Waals surface area contributed by atoms with Crippen LogP contribution in [0.25, 0.3) is 0 Å². The molecule has 2 aromatic rings. The van der Waals surface area contributed by atoms with Crippen molar-refractivity contribution in [3.05, 3.63) is 46.0 Å². The number of aliphatic imine (C=N–C) groups is 1. The Morgan fingerprint density at radius 2 is 1.67 bits per heavy atom. The first-order valence-corrected chi connectivity index (χ1v) is 8.72. The van der Waals surface area contributed by atoms with Crippen LogP contribution in [0.4, 0.5) is 11.4 Å². The maximum absolute atomic E-state index is 12.4. The van der Waals surface area contributed by atoms with Crippen LogP contribution in [-0.2, 0) is 14.1 Å². The minimum Gasteiger partial charge on any atom is -0.359 e. The average Bonchev–Trinajstić information content (AvgIpc) is 3.24. The van der Waals surface area contributed by atoms with Gasteiger partial charge in [0.05, 0.1) is 16.8 Å². The number of nitro groups is 1. The Kier molecular flexibility index (Phi) is 8.86. The third kappa shape index (κ3) is 5.98. The number of halogens is 1. The fourth-order valence-corrected chi connectivity index (χ4v) is 2.65. The molecule has 2 heterocycles. The van der Waals surface area contributed by atoms with E-state index in [0.29, 0.717) is 30.4 Å². The minimum atomic E-state index is -0.567. The van der Waals surface area contributed by atoms with E-state index < -0.39 is 10.8 Å². The van der Waals surface area contributed by atoms with Crippen molar-refractivity contribution in [1.29, 1.82) is 0 Å². The summed E-state index contributed by atoms with van der Waals surface area (Å²) >= 11 is 0. The van der Waals surface area contributed by atoms with Gasteiger partial charge >= 0.3 is 0 Å². The summed E-state index contributed by atoms with van der Waals surface area (Å²) in [6.07, 6.45) is 2.85. The van der Waals surface area contributed by atoms with E-state index in [1.165, 1.54) is 22.9 Å². The van der Waals surface area contributed by atoms with Gasteiger partial charge in [-0.05, 0) is 6.07 Å². The van der Waals surface area contributed by atoms with E-state index in [4.69, 9.17) is 0 Å². The van der Waals surface area contributed by atoms with Gasteiger partial charge in [0.15, 0.2) is 5.96 Å². The van der Waals surface area contributed by atoms with Gasteiger partial charge in [0, 0.05) is 53.5 Å². The van der Waals surface area contributed by atoms with Crippen molar-refractivity contribution in [1.82, 2.24) is 25.1 Å². The van der Waals surface area contributed by atoms with E-state index in [-0.39, 0.29) is 29.7 Å². The summed E-state index contributed by atoms with van der Waals surface area (Å²) in [6, 6.07) is 2.72. The lowest BCUT2D eigenvalue weighted by molar-refractivity contribution is -0.384. The highest BCUT2D eigenvalue weighted by atomic mass is 35.5. The quantitative estimate of drug-likeness (QED) is 0.162. The van der Waals surface area contributed by atoms with Crippen LogP contribution in [0.15, 0.2) is 29.5 Å². The molecule has 2 aromatic heterocycles. The molecule has 0 spiro atoms. The summed E-state index contributed by atoms with van der Waals surface area (Å²) in [7, 11) is 6.60. The van der Waals surface area contributed by atoms with Crippen LogP contribution in [0.2, 0.25) is 0 Å². The highest BCUT2D eigenvalue weighted by Gasteiger charge is 2.19. The zero-order valence-electron chi connectivity index (χ0n) is 17.1. The largest absolute Gasteiger partial charge is 0.359 e. The second-order valence-electron chi connectivity index (χ2n) is 6.14. The number of aromatic nitrogens is 2. The highest BCUT2D eigenvalue weighted by molar-refractivity contribution is 6.04. The standard InChI is InChI=1S/C17H24N8O4.ClH/c1-18-17(19-2)21-6-5-20-15(26)13-7-11(9-23(13)3)22-16(27)14-8-12(25(28)29)10-24(14)4;/h7-10H,5-6H2,1-4H3,(H,20,26)(H,22,27)(H2,18,19,21);1H. The number of hydrogen-bond acceptors (Lipinski definition) is 5. The maximum atomic E-state index is 12.4. The Bertz CT molecular complexity index is 950. The summed E-state index contributed by atoms with van der Waals surface area (Å²) in [6.45, 7) is 0.860. The van der Waals surface area contributed by atoms with Crippen LogP contribution in [0.5, 0.6) is 0 Å². The molecule has 0 bridgehead atoms. The number of anilines is 1. The summed E-state index contributed by atoms with van der Waals surface area (Å²) < 4.78 is 2.95. The first-order valence-electron chi connectivity index (χ1n) is 8.72. The number of carbonyl (C=O) groups excluding carboxylic acids is 2. The van der Waals surface area contributed by atoms with E-state index in [1.807, 2.05) is 0 Å². The van der Waals surface area contributed by atoms with Gasteiger partial charge in [0.1, 0.15) is 11.4 Å². The van der Waals surface area contributed by atoms with Crippen molar-refractivity contribution in [3.63, 3.8) is 0 Å². The molecule has 0 fully saturated rings. The number of nitrogens with zero attached hydrogens (tertiary/aromatic N) is 4. The molecule has 0 saturated carbocycles. The van der Waals surface area contributed by atoms with Gasteiger partial charge < -0.3 is 30.4 Å². The number of aryl methyl sites for hydroxylation is 2. The number of guanidine groups is 1. The molecule has 2 amide bonds. The van der Waals surface area contributed by atoms with Gasteiger partial charge in [-0.15, -0.1) is 12.4 Å². The second-order valence-corrected chi connectivity index (χ2v) is 6.14. The third-order valence-corrected chi connectivity index (χ3v) is 4.09. The molecule has 12 nitrogen and oxygen atoms in total. The smallest absolute Gasteiger partial charge is 0.287 e. The zero-order chi connectivity index (χ0) is 21.6. The van der Waals surface area contributed by atoms with Crippen molar-refractivity contribution < 1.29 is 14.5 Å². The molecule has 0 aliphatic carbocycles. The molecular weight excluding hydrogens is 416 g/mol. The summed E-state index contributed by atoms with van der Waals surface area (Å²) in [5.41, 5.74) is 0.723. The SMILES string of the molecule is CN=C(NC)NCCNC(=O)c1cc(NC(=O)c2cc([N+](=O)[O-])cn2C)cn1C.Cl. The van der Waals surface area contributed by atoms with Crippen LogP contribution < -0.4 is 21.3 Å². The van der Waals surface area contributed by atoms with E-state index >= 15 is 0 Å². The summed E-state index contributed by atoms with van der Waals surface area (Å²) in [5, 5.41) is 22.1. The molecule has 0 atom stereocenters. The Morgan fingerprint density at radius 3 is 2.23 bits per heavy atom. The summed E-state index contributed by atoms with van der Waals surface area (Å²) in [4.78, 5) is 39.0. The van der Waals surface area contributed by atoms with Crippen LogP contribution in [0, 0.1) is 10.1 Å². The molecule has 0 saturated heterocycles. The van der Waals surface area contributed by atoms with Crippen molar-refractivity contribution >= 4 is 41.6 Å². The van der Waals surface area contributed by atoms with E-state index in [2.05, 4.69) is 26.3 Å². The number of rotatable bonds is 7. The molecule has 0 aliphatic heterocycles. The Balaban J connectivity index is 0.00000450. The van der Waals surface area contributed by atoms with E-state index in [0.717, 1.165) is 0 Å². The predicted octanol–water partition coefficient (Wildman–Crippen LogP) is 0.470. The lowest BCUT2D eigenvalue weighted by Crippen LogP contribution is -2.40. The number of carbonyl (C=O) groups is 2. The summed E-state index contributed by atoms with van der Waals surface area (Å²) in [5.74, 6) is -0.200. The molecule has 30 heavy (non-hydrogen) atoms. The average molecular weight is 441 g/mol. The molecule has 0 unspecified atom stereocenters. The Hall–Kier alpha value is -3.54. The highest BCUT2D eigenvalue weighted by Crippen LogP contribution is 2.18. The van der Waals surface area contributed by atoms with Crippen molar-refractivity contribution in [2.24, 2.45) is 19.1 Å². The predicted molar refractivity (Wildman–Crippen MR) is 115 cm³/mol. The topological polar surface area (TPSA) is 148 Å². The van der Waals surface area contributed by atoms with Gasteiger partial charge in [0.2, 0.25) is 0 Å². The van der Waals surface area contributed by atoms with Gasteiger partial charge in [-0.3, -0.25) is 24.7 Å². The first kappa shape index (κ1) is 24.5. The molecular formula is C17H25ClN8O4. The van der Waals surface area contributed by atoms with Crippen molar-refractivity contribution in [2.75, 3.05) is 32.5 Å². The van der Waals surface area contributed by atoms with E-state index in [9.17, 15) is 19.7 Å². The van der Waals surface area contributed by atoms with Gasteiger partial charge in [0.25, 0.3) is 17.5 Å². The van der Waals surface area contributed by atoms with Crippen LogP contribution in [0.1, 0.15) is 21.0 Å². The number of hydrogen-bond donors (Lipinski definition) is 4. The van der Waals surface area contributed by atoms with Crippen molar-refractivity contribution in [3.8, 4) is 0 Å². The van der Waals surface area contributed by atoms with Crippen LogP contribution in [-0.4, -0.2) is 59.0 Å². The molecule has 0 radical (unpaired) electrons. The molecule has 4 N–H and O–H groups in total. The Morgan fingerprint density at radius 1 is 1.07 bits per heavy atom. The maximum Gasteiger partial charge on any atom is 0.287 e.